The third-order valence-electron chi connectivity index (χ3n) is 11.9. The lowest BCUT2D eigenvalue weighted by atomic mass is 9.70. The number of nitrogens with zero attached hydrogens (tertiary/aromatic N) is 1. The summed E-state index contributed by atoms with van der Waals surface area (Å²) in [5.74, 6) is 0. The van der Waals surface area contributed by atoms with Crippen LogP contribution in [0.4, 0.5) is 17.1 Å². The highest BCUT2D eigenvalue weighted by Gasteiger charge is 2.52. The van der Waals surface area contributed by atoms with Crippen LogP contribution < -0.4 is 4.90 Å². The zero-order valence-electron chi connectivity index (χ0n) is 30.8. The van der Waals surface area contributed by atoms with Crippen molar-refractivity contribution in [3.8, 4) is 55.6 Å². The molecule has 9 aromatic carbocycles. The summed E-state index contributed by atoms with van der Waals surface area (Å²) in [4.78, 5) is 2.50. The lowest BCUT2D eigenvalue weighted by Gasteiger charge is -2.32. The highest BCUT2D eigenvalue weighted by atomic mass is 15.1. The van der Waals surface area contributed by atoms with Gasteiger partial charge in [-0.3, -0.25) is 0 Å². The van der Waals surface area contributed by atoms with E-state index in [2.05, 4.69) is 229 Å². The van der Waals surface area contributed by atoms with Crippen LogP contribution >= 0.6 is 0 Å². The van der Waals surface area contributed by atoms with Crippen LogP contribution in [0.3, 0.4) is 0 Å². The largest absolute Gasteiger partial charge is 0.309 e. The first-order chi connectivity index (χ1) is 27.8. The minimum absolute atomic E-state index is 0.429. The predicted molar refractivity (Wildman–Crippen MR) is 234 cm³/mol. The average molecular weight is 712 g/mol. The molecule has 1 spiro atoms. The Balaban J connectivity index is 1.18. The maximum absolute atomic E-state index is 2.50. The Kier molecular flexibility index (Phi) is 7.47. The Bertz CT molecular complexity index is 2860. The van der Waals surface area contributed by atoms with Gasteiger partial charge < -0.3 is 4.90 Å². The van der Waals surface area contributed by atoms with Crippen molar-refractivity contribution in [2.24, 2.45) is 0 Å². The summed E-state index contributed by atoms with van der Waals surface area (Å²) in [7, 11) is 0. The monoisotopic (exact) mass is 711 g/mol. The van der Waals surface area contributed by atoms with Crippen LogP contribution in [0.5, 0.6) is 0 Å². The van der Waals surface area contributed by atoms with Crippen molar-refractivity contribution in [1.29, 1.82) is 0 Å². The Labute approximate surface area is 328 Å². The number of para-hydroxylation sites is 1. The second kappa shape index (κ2) is 13.0. The molecule has 1 heteroatoms. The molecular formula is C55H37N. The highest BCUT2D eigenvalue weighted by molar-refractivity contribution is 6.02. The summed E-state index contributed by atoms with van der Waals surface area (Å²) < 4.78 is 0. The normalized spacial score (nSPS) is 12.8. The number of benzene rings is 9. The maximum Gasteiger partial charge on any atom is 0.0726 e. The van der Waals surface area contributed by atoms with Crippen molar-refractivity contribution < 1.29 is 0 Å². The quantitative estimate of drug-likeness (QED) is 0.166. The average Bonchev–Trinajstić information content (AvgIpc) is 3.76. The van der Waals surface area contributed by atoms with Crippen LogP contribution in [0.1, 0.15) is 22.3 Å². The number of fused-ring (bicyclic) bond motifs is 10. The van der Waals surface area contributed by atoms with Gasteiger partial charge in [-0.1, -0.05) is 194 Å². The summed E-state index contributed by atoms with van der Waals surface area (Å²) >= 11 is 0. The lowest BCUT2D eigenvalue weighted by molar-refractivity contribution is 0.794. The molecule has 2 aliphatic carbocycles. The number of rotatable bonds is 6. The molecule has 0 radical (unpaired) electrons. The van der Waals surface area contributed by atoms with E-state index in [0.29, 0.717) is 0 Å². The molecule has 0 aromatic heterocycles. The van der Waals surface area contributed by atoms with E-state index in [0.717, 1.165) is 17.1 Å². The van der Waals surface area contributed by atoms with Crippen LogP contribution in [-0.4, -0.2) is 0 Å². The summed E-state index contributed by atoms with van der Waals surface area (Å²) in [6, 6.07) is 82.4. The van der Waals surface area contributed by atoms with Gasteiger partial charge in [0.2, 0.25) is 0 Å². The fourth-order valence-corrected chi connectivity index (χ4v) is 9.56. The first-order valence-corrected chi connectivity index (χ1v) is 19.4. The third-order valence-corrected chi connectivity index (χ3v) is 11.9. The zero-order valence-corrected chi connectivity index (χ0v) is 30.8. The van der Waals surface area contributed by atoms with E-state index in [1.54, 1.807) is 0 Å². The molecule has 0 saturated carbocycles. The van der Waals surface area contributed by atoms with E-state index >= 15 is 0 Å². The molecule has 0 heterocycles. The maximum atomic E-state index is 2.50. The molecule has 262 valence electrons. The fraction of sp³-hybridized carbons (Fsp3) is 0.0182. The molecule has 0 unspecified atom stereocenters. The van der Waals surface area contributed by atoms with Crippen molar-refractivity contribution in [3.05, 3.63) is 247 Å². The van der Waals surface area contributed by atoms with Gasteiger partial charge in [-0.05, 0) is 97.1 Å². The van der Waals surface area contributed by atoms with E-state index in [9.17, 15) is 0 Å². The molecule has 0 N–H and O–H groups in total. The molecule has 0 bridgehead atoms. The lowest BCUT2D eigenvalue weighted by Crippen LogP contribution is -2.26. The van der Waals surface area contributed by atoms with Crippen LogP contribution in [0.15, 0.2) is 224 Å². The van der Waals surface area contributed by atoms with Gasteiger partial charge in [0, 0.05) is 16.8 Å². The predicted octanol–water partition coefficient (Wildman–Crippen LogP) is 14.5. The molecule has 0 atom stereocenters. The van der Waals surface area contributed by atoms with E-state index in [-0.39, 0.29) is 0 Å². The second-order valence-electron chi connectivity index (χ2n) is 14.8. The fourth-order valence-electron chi connectivity index (χ4n) is 9.56. The van der Waals surface area contributed by atoms with E-state index in [1.165, 1.54) is 77.9 Å². The molecule has 1 nitrogen and oxygen atoms in total. The van der Waals surface area contributed by atoms with Crippen LogP contribution in [-0.2, 0) is 5.41 Å². The van der Waals surface area contributed by atoms with E-state index < -0.39 is 5.41 Å². The summed E-state index contributed by atoms with van der Waals surface area (Å²) in [5, 5.41) is 0. The molecule has 0 saturated heterocycles. The summed E-state index contributed by atoms with van der Waals surface area (Å²) in [5.41, 5.74) is 20.7. The second-order valence-corrected chi connectivity index (χ2v) is 14.8. The Hall–Kier alpha value is -7.22. The van der Waals surface area contributed by atoms with Crippen LogP contribution in [0.2, 0.25) is 0 Å². The molecule has 0 fully saturated rings. The standard InChI is InChI=1S/C55H37N/c1-3-17-38(18-4-1)40-33-35-43(36-34-40)56(52-31-14-10-23-44(52)42-22-15-21-41(37-42)39-19-5-2-6-20-39)53-32-16-30-51-54(53)47-26-9-13-29-50(47)55(51)48-27-11-7-24-45(48)46-25-8-12-28-49(46)55/h1-37H. The van der Waals surface area contributed by atoms with Gasteiger partial charge in [0.25, 0.3) is 0 Å². The number of hydrogen-bond donors (Lipinski definition) is 0. The summed E-state index contributed by atoms with van der Waals surface area (Å²) in [6.45, 7) is 0. The topological polar surface area (TPSA) is 3.24 Å². The Morgan fingerprint density at radius 3 is 1.36 bits per heavy atom. The Morgan fingerprint density at radius 2 is 0.696 bits per heavy atom. The first kappa shape index (κ1) is 32.2. The van der Waals surface area contributed by atoms with Gasteiger partial charge in [-0.2, -0.15) is 0 Å². The molecule has 56 heavy (non-hydrogen) atoms. The highest BCUT2D eigenvalue weighted by Crippen LogP contribution is 2.64. The van der Waals surface area contributed by atoms with Crippen LogP contribution in [0.25, 0.3) is 55.6 Å². The molecule has 11 rings (SSSR count). The van der Waals surface area contributed by atoms with E-state index in [1.807, 2.05) is 0 Å². The summed E-state index contributed by atoms with van der Waals surface area (Å²) in [6.07, 6.45) is 0. The van der Waals surface area contributed by atoms with Crippen molar-refractivity contribution in [1.82, 2.24) is 0 Å². The third kappa shape index (κ3) is 4.81. The van der Waals surface area contributed by atoms with Gasteiger partial charge in [-0.25, -0.2) is 0 Å². The molecule has 2 aliphatic rings. The molecule has 9 aromatic rings. The van der Waals surface area contributed by atoms with Crippen molar-refractivity contribution >= 4 is 17.1 Å². The number of anilines is 3. The molecular weight excluding hydrogens is 675 g/mol. The zero-order chi connectivity index (χ0) is 37.1. The van der Waals surface area contributed by atoms with E-state index in [4.69, 9.17) is 0 Å². The minimum Gasteiger partial charge on any atom is -0.309 e. The first-order valence-electron chi connectivity index (χ1n) is 19.4. The SMILES string of the molecule is c1ccc(-c2ccc(N(c3ccccc3-c3cccc(-c4ccccc4)c3)c3cccc4c3-c3ccccc3C43c4ccccc4-c4ccccc43)cc2)cc1. The van der Waals surface area contributed by atoms with Crippen LogP contribution in [0, 0.1) is 0 Å². The van der Waals surface area contributed by atoms with Crippen molar-refractivity contribution in [2.45, 2.75) is 5.41 Å². The Morgan fingerprint density at radius 1 is 0.268 bits per heavy atom. The number of hydrogen-bond acceptors (Lipinski definition) is 1. The molecule has 0 aliphatic heterocycles. The van der Waals surface area contributed by atoms with Gasteiger partial charge in [0.1, 0.15) is 0 Å². The van der Waals surface area contributed by atoms with Gasteiger partial charge in [-0.15, -0.1) is 0 Å². The van der Waals surface area contributed by atoms with Gasteiger partial charge >= 0.3 is 0 Å². The van der Waals surface area contributed by atoms with Gasteiger partial charge in [0.15, 0.2) is 0 Å². The van der Waals surface area contributed by atoms with Crippen molar-refractivity contribution in [3.63, 3.8) is 0 Å². The van der Waals surface area contributed by atoms with Gasteiger partial charge in [0.05, 0.1) is 16.8 Å². The van der Waals surface area contributed by atoms with Crippen molar-refractivity contribution in [2.75, 3.05) is 4.90 Å². The smallest absolute Gasteiger partial charge is 0.0726 e. The minimum atomic E-state index is -0.429. The molecule has 0 amide bonds.